The van der Waals surface area contributed by atoms with Gasteiger partial charge in [0.2, 0.25) is 0 Å². The van der Waals surface area contributed by atoms with Crippen molar-refractivity contribution in [2.75, 3.05) is 0 Å². The molecule has 1 heterocycles. The van der Waals surface area contributed by atoms with Crippen LogP contribution in [0.3, 0.4) is 0 Å². The number of rotatable bonds is 9. The molecule has 4 bridgehead atoms. The molecule has 0 saturated heterocycles. The molecule has 3 aliphatic rings. The maximum atomic E-state index is 2.73. The van der Waals surface area contributed by atoms with Gasteiger partial charge in [0.25, 0.3) is 0 Å². The summed E-state index contributed by atoms with van der Waals surface area (Å²) < 4.78 is 4.56. The van der Waals surface area contributed by atoms with E-state index in [1.54, 1.807) is 35.8 Å². The van der Waals surface area contributed by atoms with Crippen LogP contribution in [-0.4, -0.2) is 8.07 Å². The van der Waals surface area contributed by atoms with Crippen molar-refractivity contribution in [3.05, 3.63) is 112 Å². The van der Waals surface area contributed by atoms with E-state index in [1.807, 2.05) is 21.5 Å². The number of benzene rings is 3. The van der Waals surface area contributed by atoms with Crippen LogP contribution < -0.4 is 5.19 Å². The molecule has 2 atom stereocenters. The molecule has 2 aliphatic carbocycles. The third kappa shape index (κ3) is 3.91. The van der Waals surface area contributed by atoms with Gasteiger partial charge >= 0.3 is 244 Å². The summed E-state index contributed by atoms with van der Waals surface area (Å²) in [4.78, 5) is 0. The van der Waals surface area contributed by atoms with Crippen molar-refractivity contribution in [2.45, 2.75) is 88.5 Å². The first-order chi connectivity index (χ1) is 19.1. The van der Waals surface area contributed by atoms with E-state index < -0.39 is 28.0 Å². The van der Waals surface area contributed by atoms with Crippen LogP contribution in [0.15, 0.2) is 90.0 Å². The van der Waals surface area contributed by atoms with E-state index >= 15 is 0 Å². The van der Waals surface area contributed by atoms with E-state index in [-0.39, 0.29) is 0 Å². The second kappa shape index (κ2) is 10.9. The zero-order valence-corrected chi connectivity index (χ0v) is 29.4. The molecule has 2 heteroatoms. The van der Waals surface area contributed by atoms with Crippen molar-refractivity contribution < 1.29 is 20.0 Å². The van der Waals surface area contributed by atoms with Crippen molar-refractivity contribution in [1.82, 2.24) is 0 Å². The molecular weight excluding hydrogens is 651 g/mol. The van der Waals surface area contributed by atoms with E-state index in [1.165, 1.54) is 38.5 Å². The van der Waals surface area contributed by atoms with Crippen molar-refractivity contribution in [3.63, 3.8) is 0 Å². The van der Waals surface area contributed by atoms with Crippen molar-refractivity contribution >= 4 is 23.7 Å². The Bertz CT molecular complexity index is 1340. The fourth-order valence-electron chi connectivity index (χ4n) is 9.28. The minimum absolute atomic E-state index is 0.738. The summed E-state index contributed by atoms with van der Waals surface area (Å²) in [6.45, 7) is 12.6. The Hall–Kier alpha value is -1.77. The van der Waals surface area contributed by atoms with Crippen LogP contribution in [0.1, 0.15) is 95.8 Å². The van der Waals surface area contributed by atoms with Gasteiger partial charge < -0.3 is 0 Å². The quantitative estimate of drug-likeness (QED) is 0.195. The molecule has 1 aliphatic heterocycles. The predicted octanol–water partition coefficient (Wildman–Crippen LogP) is 10.5. The second-order valence-corrected chi connectivity index (χ2v) is 32.9. The molecular formula is C37H46HfSi. The predicted molar refractivity (Wildman–Crippen MR) is 170 cm³/mol. The Morgan fingerprint density at radius 1 is 0.590 bits per heavy atom. The van der Waals surface area contributed by atoms with Gasteiger partial charge in [-0.1, -0.05) is 0 Å². The normalized spacial score (nSPS) is 24.4. The zero-order valence-electron chi connectivity index (χ0n) is 24.8. The van der Waals surface area contributed by atoms with Gasteiger partial charge in [-0.3, -0.25) is 0 Å². The fraction of sp³-hybridized carbons (Fsp3) is 0.405. The summed E-state index contributed by atoms with van der Waals surface area (Å²) in [6.07, 6.45) is 7.89. The standard InChI is InChI=1S/C29H28Si.2C4H9.Hf/c1-4-21-19-23-13-9-11-17-26(23)28(21)30(3,25-15-7-6-8-16-25)29-22(5-2)20-24-14-10-12-18-27(24)29;2*1-3-4-2;/h6-20H,4-5H2,1-3H3;2*1,3-4H2,2H3;. The molecule has 0 spiro atoms. The third-order valence-corrected chi connectivity index (χ3v) is 37.6. The van der Waals surface area contributed by atoms with Crippen molar-refractivity contribution in [1.29, 1.82) is 0 Å². The maximum absolute atomic E-state index is 3.19. The number of fused-ring (bicyclic) bond motifs is 8. The Morgan fingerprint density at radius 3 is 1.46 bits per heavy atom. The molecule has 0 amide bonds. The summed E-state index contributed by atoms with van der Waals surface area (Å²) in [5.41, 5.74) is 10.5. The first kappa shape index (κ1) is 27.4. The van der Waals surface area contributed by atoms with Gasteiger partial charge in [0.05, 0.1) is 0 Å². The molecule has 0 saturated carbocycles. The first-order valence-electron chi connectivity index (χ1n) is 15.8. The molecule has 3 aromatic carbocycles. The number of allylic oxidation sites excluding steroid dienone is 2. The topological polar surface area (TPSA) is 0 Å². The minimum atomic E-state index is -3.19. The van der Waals surface area contributed by atoms with Crippen LogP contribution in [0.2, 0.25) is 14.9 Å². The van der Waals surface area contributed by atoms with Crippen LogP contribution in [0, 0.1) is 0 Å². The molecule has 0 aromatic heterocycles. The summed E-state index contributed by atoms with van der Waals surface area (Å²) in [6, 6.07) is 31.4. The van der Waals surface area contributed by atoms with Crippen LogP contribution in [0.4, 0.5) is 0 Å². The average Bonchev–Trinajstić information content (AvgIpc) is 3.52. The van der Waals surface area contributed by atoms with Crippen molar-refractivity contribution in [3.8, 4) is 0 Å². The van der Waals surface area contributed by atoms with E-state index in [0.29, 0.717) is 0 Å². The number of hydrogen-bond acceptors (Lipinski definition) is 0. The number of hydrogen-bond donors (Lipinski definition) is 0. The average molecular weight is 697 g/mol. The zero-order chi connectivity index (χ0) is 27.2. The van der Waals surface area contributed by atoms with Crippen LogP contribution in [0.5, 0.6) is 0 Å². The Morgan fingerprint density at radius 2 is 1.03 bits per heavy atom. The van der Waals surface area contributed by atoms with E-state index in [0.717, 1.165) is 7.35 Å². The Labute approximate surface area is 243 Å². The third-order valence-electron chi connectivity index (χ3n) is 10.7. The molecule has 202 valence electrons. The van der Waals surface area contributed by atoms with Crippen LogP contribution >= 0.6 is 0 Å². The van der Waals surface area contributed by atoms with E-state index in [4.69, 9.17) is 0 Å². The van der Waals surface area contributed by atoms with Gasteiger partial charge in [0, 0.05) is 0 Å². The summed E-state index contributed by atoms with van der Waals surface area (Å²) in [5.74, 6) is 0. The monoisotopic (exact) mass is 698 g/mol. The Kier molecular flexibility index (Phi) is 7.66. The van der Waals surface area contributed by atoms with Gasteiger partial charge in [-0.2, -0.15) is 0 Å². The fourth-order valence-corrected chi connectivity index (χ4v) is 42.7. The van der Waals surface area contributed by atoms with Gasteiger partial charge in [0.1, 0.15) is 0 Å². The molecule has 39 heavy (non-hydrogen) atoms. The van der Waals surface area contributed by atoms with Crippen molar-refractivity contribution in [2.24, 2.45) is 0 Å². The number of unbranched alkanes of at least 4 members (excludes halogenated alkanes) is 2. The molecule has 0 N–H and O–H groups in total. The summed E-state index contributed by atoms with van der Waals surface area (Å²) in [5, 5.41) is 5.22. The van der Waals surface area contributed by atoms with Crippen LogP contribution in [-0.2, 0) is 20.0 Å². The van der Waals surface area contributed by atoms with Crippen LogP contribution in [0.25, 0.3) is 10.4 Å². The molecule has 0 nitrogen and oxygen atoms in total. The van der Waals surface area contributed by atoms with Gasteiger partial charge in [0.15, 0.2) is 0 Å². The molecule has 6 rings (SSSR count). The van der Waals surface area contributed by atoms with E-state index in [2.05, 4.69) is 113 Å². The van der Waals surface area contributed by atoms with Gasteiger partial charge in [-0.15, -0.1) is 0 Å². The molecule has 0 fully saturated rings. The summed E-state index contributed by atoms with van der Waals surface area (Å²) in [7, 11) is -2.27. The van der Waals surface area contributed by atoms with Gasteiger partial charge in [-0.25, -0.2) is 0 Å². The molecule has 0 radical (unpaired) electrons. The molecule has 2 unspecified atom stereocenters. The van der Waals surface area contributed by atoms with Gasteiger partial charge in [-0.05, 0) is 0 Å². The SMILES string of the molecule is CCC[CH2][Hf]1([CH2]CCC)[CH]2C(CC)=C(c3ccccc32)[Si](C)(c2ccccc2)C2=C(CC)[CH]1c1ccccc12. The second-order valence-electron chi connectivity index (χ2n) is 12.5. The molecule has 3 aromatic rings. The first-order valence-corrected chi connectivity index (χ1v) is 27.5. The Balaban J connectivity index is 1.81. The summed E-state index contributed by atoms with van der Waals surface area (Å²) >= 11 is -3.19. The van der Waals surface area contributed by atoms with E-state index in [9.17, 15) is 0 Å².